The number of carbonyl (C=O) groups excluding carboxylic acids is 2. The van der Waals surface area contributed by atoms with Gasteiger partial charge in [0.05, 0.1) is 35.7 Å². The summed E-state index contributed by atoms with van der Waals surface area (Å²) in [7, 11) is -2.58. The van der Waals surface area contributed by atoms with Crippen molar-refractivity contribution >= 4 is 43.2 Å². The van der Waals surface area contributed by atoms with E-state index in [2.05, 4.69) is 15.6 Å². The van der Waals surface area contributed by atoms with E-state index < -0.39 is 21.0 Å². The maximum atomic E-state index is 13.1. The van der Waals surface area contributed by atoms with Gasteiger partial charge >= 0.3 is 0 Å². The summed E-state index contributed by atoms with van der Waals surface area (Å²) in [4.78, 5) is 29.6. The SMILES string of the molecule is COCCS(=O)(=O)C(C(=O)NCC(=O)NC1CC1)c1nc2cc(-c3cccc(CO)c3)ccc2s1. The van der Waals surface area contributed by atoms with Crippen molar-refractivity contribution in [3.8, 4) is 11.1 Å². The number of fused-ring (bicyclic) bond motifs is 1. The van der Waals surface area contributed by atoms with Gasteiger partial charge in [0, 0.05) is 13.2 Å². The minimum Gasteiger partial charge on any atom is -0.392 e. The van der Waals surface area contributed by atoms with E-state index >= 15 is 0 Å². The summed E-state index contributed by atoms with van der Waals surface area (Å²) < 4.78 is 31.9. The van der Waals surface area contributed by atoms with Gasteiger partial charge in [0.1, 0.15) is 5.01 Å². The molecule has 11 heteroatoms. The third-order valence-electron chi connectivity index (χ3n) is 5.61. The molecule has 1 saturated carbocycles. The molecule has 35 heavy (non-hydrogen) atoms. The zero-order valence-electron chi connectivity index (χ0n) is 19.2. The average molecular weight is 518 g/mol. The van der Waals surface area contributed by atoms with Crippen molar-refractivity contribution in [2.24, 2.45) is 0 Å². The van der Waals surface area contributed by atoms with Gasteiger partial charge in [0.25, 0.3) is 0 Å². The van der Waals surface area contributed by atoms with E-state index in [1.807, 2.05) is 42.5 Å². The molecule has 3 N–H and O–H groups in total. The Bertz CT molecular complexity index is 1330. The fourth-order valence-corrected chi connectivity index (χ4v) is 6.52. The highest BCUT2D eigenvalue weighted by molar-refractivity contribution is 7.92. The molecular formula is C24H27N3O6S2. The Hall–Kier alpha value is -2.86. The van der Waals surface area contributed by atoms with Crippen molar-refractivity contribution in [3.63, 3.8) is 0 Å². The maximum absolute atomic E-state index is 13.1. The lowest BCUT2D eigenvalue weighted by atomic mass is 10.0. The predicted octanol–water partition coefficient (Wildman–Crippen LogP) is 1.95. The third kappa shape index (κ3) is 6.23. The van der Waals surface area contributed by atoms with Gasteiger partial charge < -0.3 is 20.5 Å². The average Bonchev–Trinajstić information content (AvgIpc) is 3.56. The fourth-order valence-electron chi connectivity index (χ4n) is 3.60. The Balaban J connectivity index is 1.63. The van der Waals surface area contributed by atoms with Gasteiger partial charge in [-0.15, -0.1) is 11.3 Å². The number of nitrogens with one attached hydrogen (secondary N) is 2. The molecule has 1 aliphatic rings. The van der Waals surface area contributed by atoms with Crippen LogP contribution in [-0.2, 0) is 30.8 Å². The highest BCUT2D eigenvalue weighted by Gasteiger charge is 2.37. The lowest BCUT2D eigenvalue weighted by Crippen LogP contribution is -2.41. The first-order valence-corrected chi connectivity index (χ1v) is 13.7. The standard InChI is InChI=1S/C24H27N3O6S2/c1-33-9-10-35(31,32)22(23(30)25-13-21(29)26-18-6-7-18)24-27-19-12-17(5-8-20(19)34-24)16-4-2-3-15(11-16)14-28/h2-5,8,11-12,18,22,28H,6-7,9-10,13-14H2,1H3,(H,25,30)(H,26,29). The van der Waals surface area contributed by atoms with Crippen LogP contribution in [0.4, 0.5) is 0 Å². The second-order valence-corrected chi connectivity index (χ2v) is 11.7. The summed E-state index contributed by atoms with van der Waals surface area (Å²) in [6.45, 7) is -0.446. The van der Waals surface area contributed by atoms with E-state index in [4.69, 9.17) is 4.74 Å². The number of hydrogen-bond acceptors (Lipinski definition) is 8. The van der Waals surface area contributed by atoms with Gasteiger partial charge in [0.2, 0.25) is 11.8 Å². The van der Waals surface area contributed by atoms with Crippen molar-refractivity contribution in [2.75, 3.05) is 26.0 Å². The van der Waals surface area contributed by atoms with Gasteiger partial charge in [0.15, 0.2) is 15.1 Å². The predicted molar refractivity (Wildman–Crippen MR) is 134 cm³/mol. The third-order valence-corrected chi connectivity index (χ3v) is 8.75. The van der Waals surface area contributed by atoms with Crippen molar-refractivity contribution in [2.45, 2.75) is 30.7 Å². The molecule has 0 bridgehead atoms. The van der Waals surface area contributed by atoms with Crippen molar-refractivity contribution in [1.82, 2.24) is 15.6 Å². The molecule has 2 aromatic carbocycles. The van der Waals surface area contributed by atoms with Gasteiger partial charge in [-0.1, -0.05) is 24.3 Å². The van der Waals surface area contributed by atoms with Crippen LogP contribution >= 0.6 is 11.3 Å². The van der Waals surface area contributed by atoms with Crippen LogP contribution < -0.4 is 10.6 Å². The fraction of sp³-hybridized carbons (Fsp3) is 0.375. The Morgan fingerprint density at radius 1 is 1.20 bits per heavy atom. The number of hydrogen-bond donors (Lipinski definition) is 3. The summed E-state index contributed by atoms with van der Waals surface area (Å²) >= 11 is 1.13. The number of methoxy groups -OCH3 is 1. The molecule has 1 heterocycles. The highest BCUT2D eigenvalue weighted by atomic mass is 32.2. The summed E-state index contributed by atoms with van der Waals surface area (Å²) in [6, 6.07) is 13.1. The molecule has 1 unspecified atom stereocenters. The molecule has 0 spiro atoms. The second kappa shape index (κ2) is 10.8. The summed E-state index contributed by atoms with van der Waals surface area (Å²) in [5, 5.41) is 13.2. The molecule has 1 fully saturated rings. The normalized spacial score (nSPS) is 14.6. The van der Waals surface area contributed by atoms with Crippen LogP contribution in [0.1, 0.15) is 28.7 Å². The minimum atomic E-state index is -3.96. The number of ether oxygens (including phenoxy) is 1. The molecule has 0 saturated heterocycles. The van der Waals surface area contributed by atoms with Crippen LogP contribution in [0.5, 0.6) is 0 Å². The molecule has 186 valence electrons. The first-order chi connectivity index (χ1) is 16.8. The smallest absolute Gasteiger partial charge is 0.245 e. The van der Waals surface area contributed by atoms with E-state index in [9.17, 15) is 23.1 Å². The monoisotopic (exact) mass is 517 g/mol. The van der Waals surface area contributed by atoms with Crippen LogP contribution in [0.2, 0.25) is 0 Å². The van der Waals surface area contributed by atoms with Crippen LogP contribution in [0.25, 0.3) is 21.3 Å². The summed E-state index contributed by atoms with van der Waals surface area (Å²) in [6.07, 6.45) is 1.82. The lowest BCUT2D eigenvalue weighted by Gasteiger charge is -2.15. The van der Waals surface area contributed by atoms with Crippen LogP contribution in [0, 0.1) is 0 Å². The Labute approximate surface area is 207 Å². The van der Waals surface area contributed by atoms with Crippen molar-refractivity contribution in [3.05, 3.63) is 53.0 Å². The minimum absolute atomic E-state index is 0.0650. The van der Waals surface area contributed by atoms with E-state index in [1.165, 1.54) is 7.11 Å². The first-order valence-electron chi connectivity index (χ1n) is 11.2. The second-order valence-electron chi connectivity index (χ2n) is 8.39. The number of nitrogens with zero attached hydrogens (tertiary/aromatic N) is 1. The van der Waals surface area contributed by atoms with Gasteiger partial charge in [-0.3, -0.25) is 9.59 Å². The number of aromatic nitrogens is 1. The van der Waals surface area contributed by atoms with Crippen LogP contribution in [0.3, 0.4) is 0 Å². The van der Waals surface area contributed by atoms with Crippen LogP contribution in [0.15, 0.2) is 42.5 Å². The van der Waals surface area contributed by atoms with Gasteiger partial charge in [-0.2, -0.15) is 0 Å². The van der Waals surface area contributed by atoms with E-state index in [1.54, 1.807) is 0 Å². The molecule has 0 radical (unpaired) electrons. The molecule has 9 nitrogen and oxygen atoms in total. The Kier molecular flexibility index (Phi) is 7.80. The number of aliphatic hydroxyl groups is 1. The molecule has 4 rings (SSSR count). The summed E-state index contributed by atoms with van der Waals surface area (Å²) in [5.74, 6) is -1.50. The molecule has 3 aromatic rings. The van der Waals surface area contributed by atoms with E-state index in [0.29, 0.717) is 5.52 Å². The molecule has 1 atom stereocenters. The number of sulfone groups is 1. The molecule has 2 amide bonds. The quantitative estimate of drug-likeness (QED) is 0.354. The molecule has 1 aliphatic carbocycles. The lowest BCUT2D eigenvalue weighted by molar-refractivity contribution is -0.126. The largest absolute Gasteiger partial charge is 0.392 e. The zero-order valence-corrected chi connectivity index (χ0v) is 20.8. The first kappa shape index (κ1) is 25.2. The van der Waals surface area contributed by atoms with E-state index in [-0.39, 0.29) is 42.5 Å². The number of aliphatic hydroxyl groups excluding tert-OH is 1. The topological polar surface area (TPSA) is 135 Å². The molecular weight excluding hydrogens is 490 g/mol. The van der Waals surface area contributed by atoms with Crippen molar-refractivity contribution < 1.29 is 27.9 Å². The Morgan fingerprint density at radius 3 is 2.69 bits per heavy atom. The Morgan fingerprint density at radius 2 is 1.97 bits per heavy atom. The van der Waals surface area contributed by atoms with Crippen LogP contribution in [-0.4, -0.2) is 62.4 Å². The number of benzene rings is 2. The molecule has 1 aromatic heterocycles. The summed E-state index contributed by atoms with van der Waals surface area (Å²) in [5.41, 5.74) is 3.07. The van der Waals surface area contributed by atoms with Crippen molar-refractivity contribution in [1.29, 1.82) is 0 Å². The number of thiazole rings is 1. The maximum Gasteiger partial charge on any atom is 0.245 e. The van der Waals surface area contributed by atoms with Gasteiger partial charge in [-0.05, 0) is 47.7 Å². The number of carbonyl (C=O) groups is 2. The van der Waals surface area contributed by atoms with E-state index in [0.717, 1.165) is 45.6 Å². The highest BCUT2D eigenvalue weighted by Crippen LogP contribution is 2.34. The number of rotatable bonds is 11. The number of amides is 2. The molecule has 0 aliphatic heterocycles. The van der Waals surface area contributed by atoms with Gasteiger partial charge in [-0.25, -0.2) is 13.4 Å². The zero-order chi connectivity index (χ0) is 25.0.